The molecule has 0 spiro atoms. The Labute approximate surface area is 159 Å². The average Bonchev–Trinajstić information content (AvgIpc) is 2.73. The number of rotatable bonds is 6. The molecule has 1 fully saturated rings. The van der Waals surface area contributed by atoms with Crippen LogP contribution in [-0.4, -0.2) is 49.3 Å². The largest absolute Gasteiger partial charge is 0.497 e. The van der Waals surface area contributed by atoms with Gasteiger partial charge in [-0.3, -0.25) is 14.9 Å². The van der Waals surface area contributed by atoms with Gasteiger partial charge in [0.2, 0.25) is 0 Å². The highest BCUT2D eigenvalue weighted by Crippen LogP contribution is 2.23. The number of amides is 1. The first-order valence-electron chi connectivity index (χ1n) is 9.01. The molecule has 0 aliphatic carbocycles. The van der Waals surface area contributed by atoms with E-state index in [1.807, 2.05) is 30.3 Å². The summed E-state index contributed by atoms with van der Waals surface area (Å²) in [7, 11) is 1.68. The predicted molar refractivity (Wildman–Crippen MR) is 106 cm³/mol. The maximum absolute atomic E-state index is 11.3. The standard InChI is InChI=1S/C21H25N3O3/c1-27-19-9-6-17(7-10-19)16-23-12-14-24(15-13-23)20-5-3-2-4-18(20)8-11-21(25)22-26/h2-11,26H,12-16H2,1H3,(H,22,25). The van der Waals surface area contributed by atoms with Gasteiger partial charge in [-0.25, -0.2) is 5.48 Å². The van der Waals surface area contributed by atoms with Crippen LogP contribution in [0, 0.1) is 0 Å². The van der Waals surface area contributed by atoms with E-state index in [1.165, 1.54) is 11.6 Å². The molecule has 1 saturated heterocycles. The Hall–Kier alpha value is -2.83. The van der Waals surface area contributed by atoms with Crippen molar-refractivity contribution in [3.05, 3.63) is 65.7 Å². The molecular weight excluding hydrogens is 342 g/mol. The molecule has 3 rings (SSSR count). The summed E-state index contributed by atoms with van der Waals surface area (Å²) in [6.45, 7) is 4.72. The van der Waals surface area contributed by atoms with Crippen LogP contribution >= 0.6 is 0 Å². The molecule has 0 saturated carbocycles. The minimum atomic E-state index is -0.533. The second kappa shape index (κ2) is 9.21. The fraction of sp³-hybridized carbons (Fsp3) is 0.286. The van der Waals surface area contributed by atoms with Crippen molar-refractivity contribution in [1.29, 1.82) is 0 Å². The maximum Gasteiger partial charge on any atom is 0.267 e. The molecule has 2 N–H and O–H groups in total. The van der Waals surface area contributed by atoms with E-state index in [9.17, 15) is 4.79 Å². The van der Waals surface area contributed by atoms with E-state index in [0.29, 0.717) is 0 Å². The topological polar surface area (TPSA) is 65.0 Å². The van der Waals surface area contributed by atoms with E-state index in [2.05, 4.69) is 28.0 Å². The molecule has 0 unspecified atom stereocenters. The Bertz CT molecular complexity index is 782. The SMILES string of the molecule is COc1ccc(CN2CCN(c3ccccc3C=CC(=O)NO)CC2)cc1. The van der Waals surface area contributed by atoms with Gasteiger partial charge in [0.25, 0.3) is 5.91 Å². The van der Waals surface area contributed by atoms with Gasteiger partial charge < -0.3 is 9.64 Å². The zero-order valence-corrected chi connectivity index (χ0v) is 15.5. The molecule has 2 aromatic rings. The highest BCUT2D eigenvalue weighted by atomic mass is 16.5. The van der Waals surface area contributed by atoms with Crippen molar-refractivity contribution in [2.24, 2.45) is 0 Å². The van der Waals surface area contributed by atoms with Gasteiger partial charge in [-0.1, -0.05) is 30.3 Å². The van der Waals surface area contributed by atoms with Crippen LogP contribution in [0.25, 0.3) is 6.08 Å². The van der Waals surface area contributed by atoms with E-state index in [4.69, 9.17) is 9.94 Å². The van der Waals surface area contributed by atoms with Crippen molar-refractivity contribution in [3.63, 3.8) is 0 Å². The van der Waals surface area contributed by atoms with Gasteiger partial charge in [0.15, 0.2) is 0 Å². The van der Waals surface area contributed by atoms with E-state index in [0.717, 1.165) is 49.7 Å². The van der Waals surface area contributed by atoms with Crippen LogP contribution in [0.5, 0.6) is 5.75 Å². The van der Waals surface area contributed by atoms with Crippen LogP contribution in [0.15, 0.2) is 54.6 Å². The van der Waals surface area contributed by atoms with Crippen LogP contribution in [0.2, 0.25) is 0 Å². The van der Waals surface area contributed by atoms with Crippen LogP contribution in [0.4, 0.5) is 5.69 Å². The van der Waals surface area contributed by atoms with Crippen molar-refractivity contribution in [2.75, 3.05) is 38.2 Å². The molecule has 0 bridgehead atoms. The fourth-order valence-electron chi connectivity index (χ4n) is 3.26. The highest BCUT2D eigenvalue weighted by Gasteiger charge is 2.18. The minimum absolute atomic E-state index is 0.533. The lowest BCUT2D eigenvalue weighted by Crippen LogP contribution is -2.46. The monoisotopic (exact) mass is 367 g/mol. The maximum atomic E-state index is 11.3. The van der Waals surface area contributed by atoms with Gasteiger partial charge in [0, 0.05) is 44.5 Å². The number of anilines is 1. The van der Waals surface area contributed by atoms with Gasteiger partial charge in [0.1, 0.15) is 5.75 Å². The number of nitrogens with one attached hydrogen (secondary N) is 1. The van der Waals surface area contributed by atoms with Gasteiger partial charge in [-0.05, 0) is 35.4 Å². The molecule has 1 heterocycles. The molecular formula is C21H25N3O3. The van der Waals surface area contributed by atoms with Crippen molar-refractivity contribution < 1.29 is 14.7 Å². The Balaban J connectivity index is 1.60. The lowest BCUT2D eigenvalue weighted by atomic mass is 10.1. The molecule has 142 valence electrons. The fourth-order valence-corrected chi connectivity index (χ4v) is 3.26. The smallest absolute Gasteiger partial charge is 0.267 e. The second-order valence-corrected chi connectivity index (χ2v) is 6.48. The first-order chi connectivity index (χ1) is 13.2. The van der Waals surface area contributed by atoms with Crippen LogP contribution < -0.4 is 15.1 Å². The molecule has 0 aromatic heterocycles. The predicted octanol–water partition coefficient (Wildman–Crippen LogP) is 2.54. The van der Waals surface area contributed by atoms with Crippen molar-refractivity contribution >= 4 is 17.7 Å². The Morgan fingerprint density at radius 3 is 2.48 bits per heavy atom. The third-order valence-electron chi connectivity index (χ3n) is 4.74. The summed E-state index contributed by atoms with van der Waals surface area (Å²) >= 11 is 0. The number of hydrogen-bond acceptors (Lipinski definition) is 5. The minimum Gasteiger partial charge on any atom is -0.497 e. The number of hydrogen-bond donors (Lipinski definition) is 2. The van der Waals surface area contributed by atoms with Crippen molar-refractivity contribution in [3.8, 4) is 5.75 Å². The Morgan fingerprint density at radius 2 is 1.81 bits per heavy atom. The second-order valence-electron chi connectivity index (χ2n) is 6.48. The zero-order chi connectivity index (χ0) is 19.1. The van der Waals surface area contributed by atoms with Crippen molar-refractivity contribution in [1.82, 2.24) is 10.4 Å². The highest BCUT2D eigenvalue weighted by molar-refractivity contribution is 5.91. The summed E-state index contributed by atoms with van der Waals surface area (Å²) in [6, 6.07) is 16.2. The number of carbonyl (C=O) groups excluding carboxylic acids is 1. The van der Waals surface area contributed by atoms with E-state index in [1.54, 1.807) is 18.7 Å². The van der Waals surface area contributed by atoms with Gasteiger partial charge >= 0.3 is 0 Å². The van der Waals surface area contributed by atoms with Crippen molar-refractivity contribution in [2.45, 2.75) is 6.54 Å². The average molecular weight is 367 g/mol. The number of para-hydroxylation sites is 1. The molecule has 1 aliphatic rings. The van der Waals surface area contributed by atoms with Gasteiger partial charge in [-0.2, -0.15) is 0 Å². The molecule has 27 heavy (non-hydrogen) atoms. The summed E-state index contributed by atoms with van der Waals surface area (Å²) < 4.78 is 5.21. The lowest BCUT2D eigenvalue weighted by molar-refractivity contribution is -0.124. The molecule has 0 atom stereocenters. The number of carbonyl (C=O) groups is 1. The first-order valence-corrected chi connectivity index (χ1v) is 9.01. The first kappa shape index (κ1) is 18.9. The van der Waals surface area contributed by atoms with Crippen LogP contribution in [-0.2, 0) is 11.3 Å². The summed E-state index contributed by atoms with van der Waals surface area (Å²) in [4.78, 5) is 16.0. The van der Waals surface area contributed by atoms with Crippen LogP contribution in [0.1, 0.15) is 11.1 Å². The molecule has 6 nitrogen and oxygen atoms in total. The number of ether oxygens (including phenoxy) is 1. The normalized spacial score (nSPS) is 15.1. The molecule has 6 heteroatoms. The van der Waals surface area contributed by atoms with E-state index < -0.39 is 5.91 Å². The zero-order valence-electron chi connectivity index (χ0n) is 15.5. The summed E-state index contributed by atoms with van der Waals surface area (Å²) in [5.41, 5.74) is 4.96. The van der Waals surface area contributed by atoms with Gasteiger partial charge in [0.05, 0.1) is 7.11 Å². The third kappa shape index (κ3) is 5.09. The van der Waals surface area contributed by atoms with E-state index in [-0.39, 0.29) is 0 Å². The number of piperazine rings is 1. The Morgan fingerprint density at radius 1 is 1.11 bits per heavy atom. The third-order valence-corrected chi connectivity index (χ3v) is 4.74. The number of nitrogens with zero attached hydrogens (tertiary/aromatic N) is 2. The van der Waals surface area contributed by atoms with E-state index >= 15 is 0 Å². The quantitative estimate of drug-likeness (QED) is 0.467. The summed E-state index contributed by atoms with van der Waals surface area (Å²) in [5, 5.41) is 8.64. The summed E-state index contributed by atoms with van der Waals surface area (Å²) in [6.07, 6.45) is 3.06. The molecule has 1 aliphatic heterocycles. The van der Waals surface area contributed by atoms with Crippen LogP contribution in [0.3, 0.4) is 0 Å². The molecule has 2 aromatic carbocycles. The number of hydroxylamine groups is 1. The Kier molecular flexibility index (Phi) is 6.46. The number of benzene rings is 2. The summed E-state index contributed by atoms with van der Waals surface area (Å²) in [5.74, 6) is 0.345. The molecule has 0 radical (unpaired) electrons. The molecule has 1 amide bonds. The lowest BCUT2D eigenvalue weighted by Gasteiger charge is -2.36. The van der Waals surface area contributed by atoms with Gasteiger partial charge in [-0.15, -0.1) is 0 Å². The number of methoxy groups -OCH3 is 1.